The molecule has 0 bridgehead atoms. The summed E-state index contributed by atoms with van der Waals surface area (Å²) in [7, 11) is 1.94. The summed E-state index contributed by atoms with van der Waals surface area (Å²) in [6, 6.07) is 20.9. The molecule has 0 fully saturated rings. The molecule has 0 spiro atoms. The quantitative estimate of drug-likeness (QED) is 0.722. The Labute approximate surface area is 157 Å². The fourth-order valence-electron chi connectivity index (χ4n) is 2.46. The maximum absolute atomic E-state index is 12.2. The molecule has 0 radical (unpaired) electrons. The molecule has 0 aliphatic heterocycles. The highest BCUT2D eigenvalue weighted by Gasteiger charge is 2.10. The van der Waals surface area contributed by atoms with E-state index in [9.17, 15) is 4.79 Å². The number of aromatic nitrogens is 2. The molecule has 3 rings (SSSR count). The number of carbonyl (C=O) groups excluding carboxylic acids is 1. The molecule has 1 amide bonds. The minimum Gasteiger partial charge on any atom is -0.354 e. The van der Waals surface area contributed by atoms with Gasteiger partial charge in [-0.1, -0.05) is 54.1 Å². The van der Waals surface area contributed by atoms with E-state index in [2.05, 4.69) is 27.6 Å². The van der Waals surface area contributed by atoms with E-state index >= 15 is 0 Å². The molecule has 132 valence electrons. The first-order valence-electron chi connectivity index (χ1n) is 8.23. The summed E-state index contributed by atoms with van der Waals surface area (Å²) in [4.78, 5) is 14.2. The van der Waals surface area contributed by atoms with Gasteiger partial charge in [-0.3, -0.25) is 4.79 Å². The molecule has 1 heterocycles. The fourth-order valence-corrected chi connectivity index (χ4v) is 2.59. The molecule has 0 aliphatic rings. The predicted octanol–water partition coefficient (Wildman–Crippen LogP) is 3.70. The second-order valence-electron chi connectivity index (χ2n) is 5.93. The molecular formula is C20H19ClN4O. The molecule has 2 aromatic carbocycles. The first-order chi connectivity index (χ1) is 12.6. The van der Waals surface area contributed by atoms with Gasteiger partial charge in [0.25, 0.3) is 5.91 Å². The summed E-state index contributed by atoms with van der Waals surface area (Å²) in [6.07, 6.45) is 0. The number of nitrogens with one attached hydrogen (secondary N) is 1. The standard InChI is InChI=1S/C20H19ClN4O/c1-25(14-16-5-3-2-4-6-16)19-12-11-18(23-24-19)20(26)22-13-15-7-9-17(21)10-8-15/h2-12H,13-14H2,1H3,(H,22,26). The predicted molar refractivity (Wildman–Crippen MR) is 103 cm³/mol. The number of halogens is 1. The van der Waals surface area contributed by atoms with Gasteiger partial charge in [-0.2, -0.15) is 0 Å². The van der Waals surface area contributed by atoms with Crippen molar-refractivity contribution in [2.24, 2.45) is 0 Å². The number of hydrogen-bond donors (Lipinski definition) is 1. The zero-order chi connectivity index (χ0) is 18.4. The van der Waals surface area contributed by atoms with Gasteiger partial charge in [-0.25, -0.2) is 0 Å². The van der Waals surface area contributed by atoms with Crippen LogP contribution in [0.3, 0.4) is 0 Å². The third-order valence-corrected chi connectivity index (χ3v) is 4.16. The Morgan fingerprint density at radius 1 is 0.962 bits per heavy atom. The Hall–Kier alpha value is -2.92. The van der Waals surface area contributed by atoms with Crippen molar-refractivity contribution in [1.82, 2.24) is 15.5 Å². The van der Waals surface area contributed by atoms with Crippen LogP contribution in [0.5, 0.6) is 0 Å². The van der Waals surface area contributed by atoms with Gasteiger partial charge in [0.05, 0.1) is 0 Å². The number of rotatable bonds is 6. The lowest BCUT2D eigenvalue weighted by atomic mass is 10.2. The molecule has 0 unspecified atom stereocenters. The number of anilines is 1. The number of hydrogen-bond acceptors (Lipinski definition) is 4. The molecule has 3 aromatic rings. The lowest BCUT2D eigenvalue weighted by Crippen LogP contribution is -2.25. The highest BCUT2D eigenvalue weighted by atomic mass is 35.5. The summed E-state index contributed by atoms with van der Waals surface area (Å²) >= 11 is 5.85. The van der Waals surface area contributed by atoms with Crippen LogP contribution in [0.1, 0.15) is 21.6 Å². The SMILES string of the molecule is CN(Cc1ccccc1)c1ccc(C(=O)NCc2ccc(Cl)cc2)nn1. The van der Waals surface area contributed by atoms with E-state index in [4.69, 9.17) is 11.6 Å². The molecule has 1 aromatic heterocycles. The number of carbonyl (C=O) groups is 1. The van der Waals surface area contributed by atoms with Crippen LogP contribution in [0.25, 0.3) is 0 Å². The number of nitrogens with zero attached hydrogens (tertiary/aromatic N) is 3. The van der Waals surface area contributed by atoms with Crippen LogP contribution in [0.4, 0.5) is 5.82 Å². The van der Waals surface area contributed by atoms with Crippen LogP contribution in [-0.2, 0) is 13.1 Å². The largest absolute Gasteiger partial charge is 0.354 e. The second kappa shape index (κ2) is 8.45. The van der Waals surface area contributed by atoms with E-state index in [-0.39, 0.29) is 11.6 Å². The molecule has 0 saturated heterocycles. The summed E-state index contributed by atoms with van der Waals surface area (Å²) < 4.78 is 0. The van der Waals surface area contributed by atoms with Gasteiger partial charge in [-0.05, 0) is 35.4 Å². The Kier molecular flexibility index (Phi) is 5.81. The van der Waals surface area contributed by atoms with Crippen molar-refractivity contribution in [3.8, 4) is 0 Å². The lowest BCUT2D eigenvalue weighted by molar-refractivity contribution is 0.0945. The van der Waals surface area contributed by atoms with Crippen LogP contribution < -0.4 is 10.2 Å². The zero-order valence-electron chi connectivity index (χ0n) is 14.4. The van der Waals surface area contributed by atoms with Gasteiger partial charge >= 0.3 is 0 Å². The molecule has 0 aliphatic carbocycles. The maximum atomic E-state index is 12.2. The summed E-state index contributed by atoms with van der Waals surface area (Å²) in [5, 5.41) is 11.7. The van der Waals surface area contributed by atoms with E-state index in [0.717, 1.165) is 12.1 Å². The summed E-state index contributed by atoms with van der Waals surface area (Å²) in [6.45, 7) is 1.13. The topological polar surface area (TPSA) is 58.1 Å². The smallest absolute Gasteiger partial charge is 0.272 e. The first kappa shape index (κ1) is 17.9. The summed E-state index contributed by atoms with van der Waals surface area (Å²) in [5.41, 5.74) is 2.44. The van der Waals surface area contributed by atoms with Crippen LogP contribution in [0.15, 0.2) is 66.7 Å². The molecule has 0 atom stereocenters. The van der Waals surface area contributed by atoms with Crippen LogP contribution in [0, 0.1) is 0 Å². The van der Waals surface area contributed by atoms with E-state index in [0.29, 0.717) is 17.4 Å². The van der Waals surface area contributed by atoms with Gasteiger partial charge in [0.15, 0.2) is 11.5 Å². The highest BCUT2D eigenvalue weighted by molar-refractivity contribution is 6.30. The van der Waals surface area contributed by atoms with E-state index in [1.165, 1.54) is 5.56 Å². The van der Waals surface area contributed by atoms with Gasteiger partial charge in [0.1, 0.15) is 0 Å². The van der Waals surface area contributed by atoms with Gasteiger partial charge in [0, 0.05) is 25.2 Å². The van der Waals surface area contributed by atoms with Gasteiger partial charge < -0.3 is 10.2 Å². The zero-order valence-corrected chi connectivity index (χ0v) is 15.1. The van der Waals surface area contributed by atoms with Crippen molar-refractivity contribution in [2.45, 2.75) is 13.1 Å². The van der Waals surface area contributed by atoms with Crippen molar-refractivity contribution < 1.29 is 4.79 Å². The van der Waals surface area contributed by atoms with Crippen molar-refractivity contribution in [2.75, 3.05) is 11.9 Å². The third kappa shape index (κ3) is 4.80. The van der Waals surface area contributed by atoms with Crippen LogP contribution in [-0.4, -0.2) is 23.2 Å². The molecule has 26 heavy (non-hydrogen) atoms. The highest BCUT2D eigenvalue weighted by Crippen LogP contribution is 2.12. The van der Waals surface area contributed by atoms with E-state index < -0.39 is 0 Å². The number of benzene rings is 2. The van der Waals surface area contributed by atoms with E-state index in [1.54, 1.807) is 24.3 Å². The van der Waals surface area contributed by atoms with Crippen LogP contribution in [0.2, 0.25) is 5.02 Å². The average molecular weight is 367 g/mol. The number of amides is 1. The summed E-state index contributed by atoms with van der Waals surface area (Å²) in [5.74, 6) is 0.452. The Morgan fingerprint density at radius 2 is 1.69 bits per heavy atom. The molecule has 6 heteroatoms. The molecular weight excluding hydrogens is 348 g/mol. The normalized spacial score (nSPS) is 10.4. The van der Waals surface area contributed by atoms with Gasteiger partial charge in [-0.15, -0.1) is 10.2 Å². The first-order valence-corrected chi connectivity index (χ1v) is 8.61. The van der Waals surface area contributed by atoms with Crippen molar-refractivity contribution in [3.63, 3.8) is 0 Å². The molecule has 1 N–H and O–H groups in total. The molecule has 0 saturated carbocycles. The third-order valence-electron chi connectivity index (χ3n) is 3.90. The monoisotopic (exact) mass is 366 g/mol. The average Bonchev–Trinajstić information content (AvgIpc) is 2.68. The van der Waals surface area contributed by atoms with Crippen molar-refractivity contribution in [1.29, 1.82) is 0 Å². The molecule has 5 nitrogen and oxygen atoms in total. The fraction of sp³-hybridized carbons (Fsp3) is 0.150. The Morgan fingerprint density at radius 3 is 2.35 bits per heavy atom. The van der Waals surface area contributed by atoms with Crippen LogP contribution >= 0.6 is 11.6 Å². The van der Waals surface area contributed by atoms with Gasteiger partial charge in [0.2, 0.25) is 0 Å². The Bertz CT molecular complexity index is 851. The maximum Gasteiger partial charge on any atom is 0.272 e. The minimum atomic E-state index is -0.260. The minimum absolute atomic E-state index is 0.260. The Balaban J connectivity index is 1.57. The van der Waals surface area contributed by atoms with E-state index in [1.807, 2.05) is 42.3 Å². The van der Waals surface area contributed by atoms with Crippen molar-refractivity contribution >= 4 is 23.3 Å². The second-order valence-corrected chi connectivity index (χ2v) is 6.36. The lowest BCUT2D eigenvalue weighted by Gasteiger charge is -2.17. The van der Waals surface area contributed by atoms with Crippen molar-refractivity contribution in [3.05, 3.63) is 88.6 Å².